The number of rotatable bonds is 2. The van der Waals surface area contributed by atoms with Gasteiger partial charge in [0.1, 0.15) is 0 Å². The summed E-state index contributed by atoms with van der Waals surface area (Å²) in [5.74, 6) is 0.226. The molecule has 0 radical (unpaired) electrons. The van der Waals surface area contributed by atoms with E-state index in [0.29, 0.717) is 29.9 Å². The van der Waals surface area contributed by atoms with Crippen molar-refractivity contribution in [1.82, 2.24) is 0 Å². The van der Waals surface area contributed by atoms with Gasteiger partial charge >= 0.3 is 0 Å². The number of amides is 1. The van der Waals surface area contributed by atoms with Gasteiger partial charge < -0.3 is 10.6 Å². The number of hydrogen-bond acceptors (Lipinski definition) is 3. The lowest BCUT2D eigenvalue weighted by Crippen LogP contribution is -2.25. The molecule has 1 heterocycles. The van der Waals surface area contributed by atoms with Gasteiger partial charge in [0.15, 0.2) is 0 Å². The second-order valence-electron chi connectivity index (χ2n) is 4.09. The molecule has 0 aromatic heterocycles. The monoisotopic (exact) mass is 227 g/mol. The summed E-state index contributed by atoms with van der Waals surface area (Å²) in [7, 11) is 0. The van der Waals surface area contributed by atoms with E-state index >= 15 is 0 Å². The first-order valence-corrected chi connectivity index (χ1v) is 5.38. The number of benzene rings is 1. The molecule has 1 amide bonds. The van der Waals surface area contributed by atoms with Gasteiger partial charge in [-0.3, -0.25) is 4.79 Å². The van der Waals surface area contributed by atoms with Crippen molar-refractivity contribution in [2.75, 3.05) is 17.2 Å². The van der Waals surface area contributed by atoms with E-state index in [1.54, 1.807) is 29.2 Å². The molecular formula is C13H13N3O. The van der Waals surface area contributed by atoms with Gasteiger partial charge in [0, 0.05) is 18.9 Å². The molecule has 1 atom stereocenters. The first-order valence-electron chi connectivity index (χ1n) is 5.38. The zero-order valence-corrected chi connectivity index (χ0v) is 9.39. The number of nitriles is 1. The average molecular weight is 227 g/mol. The van der Waals surface area contributed by atoms with Gasteiger partial charge in [0.2, 0.25) is 5.91 Å². The fourth-order valence-corrected chi connectivity index (χ4v) is 2.00. The van der Waals surface area contributed by atoms with Crippen LogP contribution >= 0.6 is 0 Å². The molecular weight excluding hydrogens is 214 g/mol. The minimum atomic E-state index is 0.0475. The summed E-state index contributed by atoms with van der Waals surface area (Å²) >= 11 is 0. The molecule has 2 N–H and O–H groups in total. The summed E-state index contributed by atoms with van der Waals surface area (Å²) in [6.45, 7) is 4.31. The van der Waals surface area contributed by atoms with Gasteiger partial charge in [-0.1, -0.05) is 6.08 Å². The Kier molecular flexibility index (Phi) is 2.84. The standard InChI is InChI=1S/C13H13N3O/c1-2-9-6-13(17)16(8-9)12-4-3-10(7-14)5-11(12)15/h2-5,9H,1,6,8,15H2. The van der Waals surface area contributed by atoms with Gasteiger partial charge in [-0.05, 0) is 18.2 Å². The van der Waals surface area contributed by atoms with Crippen molar-refractivity contribution >= 4 is 17.3 Å². The van der Waals surface area contributed by atoms with Crippen molar-refractivity contribution in [3.8, 4) is 6.07 Å². The second kappa shape index (κ2) is 4.30. The topological polar surface area (TPSA) is 70.1 Å². The van der Waals surface area contributed by atoms with Crippen LogP contribution in [0.4, 0.5) is 11.4 Å². The van der Waals surface area contributed by atoms with Crippen molar-refractivity contribution in [2.45, 2.75) is 6.42 Å². The normalized spacial score (nSPS) is 19.1. The lowest BCUT2D eigenvalue weighted by molar-refractivity contribution is -0.117. The van der Waals surface area contributed by atoms with Gasteiger partial charge in [-0.25, -0.2) is 0 Å². The largest absolute Gasteiger partial charge is 0.397 e. The Labute approximate surface area is 99.9 Å². The third-order valence-electron chi connectivity index (χ3n) is 2.94. The Morgan fingerprint density at radius 1 is 1.59 bits per heavy atom. The van der Waals surface area contributed by atoms with E-state index in [1.807, 2.05) is 6.07 Å². The summed E-state index contributed by atoms with van der Waals surface area (Å²) in [6.07, 6.45) is 2.26. The van der Waals surface area contributed by atoms with E-state index in [1.165, 1.54) is 0 Å². The number of carbonyl (C=O) groups is 1. The lowest BCUT2D eigenvalue weighted by Gasteiger charge is -2.18. The fourth-order valence-electron chi connectivity index (χ4n) is 2.00. The molecule has 4 heteroatoms. The van der Waals surface area contributed by atoms with Crippen molar-refractivity contribution in [3.05, 3.63) is 36.4 Å². The Balaban J connectivity index is 2.32. The molecule has 1 aromatic carbocycles. The molecule has 0 bridgehead atoms. The van der Waals surface area contributed by atoms with Crippen LogP contribution in [0.2, 0.25) is 0 Å². The number of nitrogen functional groups attached to an aromatic ring is 1. The molecule has 1 saturated heterocycles. The Hall–Kier alpha value is -2.28. The van der Waals surface area contributed by atoms with Crippen LogP contribution in [0.15, 0.2) is 30.9 Å². The van der Waals surface area contributed by atoms with E-state index in [0.717, 1.165) is 0 Å². The molecule has 0 aliphatic carbocycles. The lowest BCUT2D eigenvalue weighted by atomic mass is 10.1. The minimum Gasteiger partial charge on any atom is -0.397 e. The second-order valence-corrected chi connectivity index (χ2v) is 4.09. The summed E-state index contributed by atoms with van der Waals surface area (Å²) in [6, 6.07) is 6.99. The molecule has 4 nitrogen and oxygen atoms in total. The van der Waals surface area contributed by atoms with E-state index in [2.05, 4.69) is 6.58 Å². The SMILES string of the molecule is C=CC1CC(=O)N(c2ccc(C#N)cc2N)C1. The predicted molar refractivity (Wildman–Crippen MR) is 66.2 cm³/mol. The smallest absolute Gasteiger partial charge is 0.227 e. The number of nitrogens with two attached hydrogens (primary N) is 1. The van der Waals surface area contributed by atoms with E-state index < -0.39 is 0 Å². The van der Waals surface area contributed by atoms with Gasteiger partial charge in [-0.2, -0.15) is 5.26 Å². The number of hydrogen-bond donors (Lipinski definition) is 1. The number of carbonyl (C=O) groups excluding carboxylic acids is 1. The van der Waals surface area contributed by atoms with Crippen molar-refractivity contribution in [1.29, 1.82) is 5.26 Å². The van der Waals surface area contributed by atoms with E-state index in [4.69, 9.17) is 11.0 Å². The highest BCUT2D eigenvalue weighted by atomic mass is 16.2. The van der Waals surface area contributed by atoms with Crippen LogP contribution in [-0.4, -0.2) is 12.5 Å². The third kappa shape index (κ3) is 2.00. The highest BCUT2D eigenvalue weighted by molar-refractivity contribution is 5.98. The molecule has 0 saturated carbocycles. The Morgan fingerprint density at radius 2 is 2.35 bits per heavy atom. The van der Waals surface area contributed by atoms with Gasteiger partial charge in [0.25, 0.3) is 0 Å². The fraction of sp³-hybridized carbons (Fsp3) is 0.231. The highest BCUT2D eigenvalue weighted by Crippen LogP contribution is 2.30. The average Bonchev–Trinajstić information content (AvgIpc) is 2.70. The van der Waals surface area contributed by atoms with Crippen LogP contribution in [0, 0.1) is 17.2 Å². The molecule has 1 unspecified atom stereocenters. The van der Waals surface area contributed by atoms with E-state index in [-0.39, 0.29) is 11.8 Å². The molecule has 0 spiro atoms. The molecule has 86 valence electrons. The maximum Gasteiger partial charge on any atom is 0.227 e. The van der Waals surface area contributed by atoms with Gasteiger partial charge in [-0.15, -0.1) is 6.58 Å². The zero-order chi connectivity index (χ0) is 12.4. The first kappa shape index (κ1) is 11.2. The van der Waals surface area contributed by atoms with Gasteiger partial charge in [0.05, 0.1) is 23.0 Å². The molecule has 1 fully saturated rings. The Morgan fingerprint density at radius 3 is 2.88 bits per heavy atom. The minimum absolute atomic E-state index is 0.0475. The first-order chi connectivity index (χ1) is 8.15. The summed E-state index contributed by atoms with van der Waals surface area (Å²) in [4.78, 5) is 13.5. The van der Waals surface area contributed by atoms with Crippen LogP contribution in [0.3, 0.4) is 0 Å². The van der Waals surface area contributed by atoms with Crippen molar-refractivity contribution in [3.63, 3.8) is 0 Å². The number of anilines is 2. The molecule has 1 aliphatic heterocycles. The Bertz CT molecular complexity index is 516. The van der Waals surface area contributed by atoms with Crippen LogP contribution in [0.1, 0.15) is 12.0 Å². The van der Waals surface area contributed by atoms with Crippen LogP contribution < -0.4 is 10.6 Å². The third-order valence-corrected chi connectivity index (χ3v) is 2.94. The zero-order valence-electron chi connectivity index (χ0n) is 9.39. The quantitative estimate of drug-likeness (QED) is 0.617. The maximum absolute atomic E-state index is 11.8. The van der Waals surface area contributed by atoms with Crippen LogP contribution in [0.25, 0.3) is 0 Å². The highest BCUT2D eigenvalue weighted by Gasteiger charge is 2.29. The van der Waals surface area contributed by atoms with Crippen LogP contribution in [-0.2, 0) is 4.79 Å². The molecule has 17 heavy (non-hydrogen) atoms. The molecule has 1 aliphatic rings. The molecule has 2 rings (SSSR count). The summed E-state index contributed by atoms with van der Waals surface area (Å²) in [5, 5.41) is 8.75. The predicted octanol–water partition coefficient (Wildman–Crippen LogP) is 1.68. The summed E-state index contributed by atoms with van der Waals surface area (Å²) in [5.41, 5.74) is 7.49. The van der Waals surface area contributed by atoms with Crippen molar-refractivity contribution in [2.24, 2.45) is 5.92 Å². The van der Waals surface area contributed by atoms with Crippen LogP contribution in [0.5, 0.6) is 0 Å². The van der Waals surface area contributed by atoms with Crippen molar-refractivity contribution < 1.29 is 4.79 Å². The summed E-state index contributed by atoms with van der Waals surface area (Å²) < 4.78 is 0. The number of nitrogens with zero attached hydrogens (tertiary/aromatic N) is 2. The molecule has 1 aromatic rings. The maximum atomic E-state index is 11.8. The van der Waals surface area contributed by atoms with E-state index in [9.17, 15) is 4.79 Å².